The van der Waals surface area contributed by atoms with Gasteiger partial charge in [-0.15, -0.1) is 0 Å². The highest BCUT2D eigenvalue weighted by Gasteiger charge is 2.46. The molecule has 6 nitrogen and oxygen atoms in total. The number of anilines is 1. The maximum absolute atomic E-state index is 12.4. The minimum absolute atomic E-state index is 0.0198. The minimum Gasteiger partial charge on any atom is -0.497 e. The van der Waals surface area contributed by atoms with Crippen molar-refractivity contribution in [3.8, 4) is 5.75 Å². The fourth-order valence-electron chi connectivity index (χ4n) is 4.98. The van der Waals surface area contributed by atoms with E-state index in [2.05, 4.69) is 39.3 Å². The molecule has 1 amide bonds. The molecule has 2 aliphatic heterocycles. The molecule has 29 heavy (non-hydrogen) atoms. The Morgan fingerprint density at radius 1 is 1.14 bits per heavy atom. The van der Waals surface area contributed by atoms with Crippen LogP contribution in [0.25, 0.3) is 0 Å². The SMILES string of the molecule is COc1ccc([C@@H]2[C@@H]3CN(c4cc(C(=O)NC5CC5)ccn4)C[C@@H]3CN2C)cc1. The molecule has 152 valence electrons. The molecule has 1 aromatic carbocycles. The molecule has 1 saturated carbocycles. The molecule has 0 spiro atoms. The number of carbonyl (C=O) groups is 1. The van der Waals surface area contributed by atoms with Gasteiger partial charge in [0.2, 0.25) is 0 Å². The molecule has 6 heteroatoms. The Bertz CT molecular complexity index is 896. The smallest absolute Gasteiger partial charge is 0.251 e. The average Bonchev–Trinajstić information content (AvgIpc) is 3.38. The van der Waals surface area contributed by atoms with E-state index in [1.54, 1.807) is 13.3 Å². The zero-order valence-electron chi connectivity index (χ0n) is 17.0. The highest BCUT2D eigenvalue weighted by molar-refractivity contribution is 5.95. The van der Waals surface area contributed by atoms with Crippen molar-refractivity contribution < 1.29 is 9.53 Å². The van der Waals surface area contributed by atoms with Crippen LogP contribution in [0.4, 0.5) is 5.82 Å². The molecular weight excluding hydrogens is 364 g/mol. The lowest BCUT2D eigenvalue weighted by molar-refractivity contribution is 0.0951. The molecule has 0 unspecified atom stereocenters. The quantitative estimate of drug-likeness (QED) is 0.848. The molecule has 2 saturated heterocycles. The number of likely N-dealkylation sites (tertiary alicyclic amines) is 1. The van der Waals surface area contributed by atoms with Crippen LogP contribution in [-0.4, -0.2) is 55.6 Å². The van der Waals surface area contributed by atoms with Gasteiger partial charge in [-0.2, -0.15) is 0 Å². The first kappa shape index (κ1) is 18.4. The van der Waals surface area contributed by atoms with Crippen LogP contribution in [0.15, 0.2) is 42.6 Å². The van der Waals surface area contributed by atoms with Crippen LogP contribution < -0.4 is 15.0 Å². The Hall–Kier alpha value is -2.60. The van der Waals surface area contributed by atoms with Gasteiger partial charge in [0.25, 0.3) is 5.91 Å². The summed E-state index contributed by atoms with van der Waals surface area (Å²) < 4.78 is 5.32. The Balaban J connectivity index is 1.33. The van der Waals surface area contributed by atoms with E-state index < -0.39 is 0 Å². The maximum atomic E-state index is 12.4. The van der Waals surface area contributed by atoms with Crippen molar-refractivity contribution in [3.63, 3.8) is 0 Å². The molecule has 3 aliphatic rings. The molecule has 1 aliphatic carbocycles. The summed E-state index contributed by atoms with van der Waals surface area (Å²) in [6.07, 6.45) is 3.96. The van der Waals surface area contributed by atoms with E-state index in [1.165, 1.54) is 5.56 Å². The van der Waals surface area contributed by atoms with E-state index in [0.29, 0.717) is 29.5 Å². The summed E-state index contributed by atoms with van der Waals surface area (Å²) in [7, 11) is 3.92. The zero-order chi connectivity index (χ0) is 20.0. The Morgan fingerprint density at radius 3 is 2.66 bits per heavy atom. The standard InChI is InChI=1S/C23H28N4O2/c1-26-12-17-13-27(14-20(17)22(26)15-3-7-19(29-2)8-4-15)21-11-16(9-10-24-21)23(28)25-18-5-6-18/h3-4,7-11,17-18,20,22H,5-6,12-14H2,1-2H3,(H,25,28)/t17-,20+,22+/m0/s1. The number of hydrogen-bond donors (Lipinski definition) is 1. The van der Waals surface area contributed by atoms with Gasteiger partial charge in [-0.1, -0.05) is 12.1 Å². The number of rotatable bonds is 5. The number of pyridine rings is 1. The third kappa shape index (κ3) is 3.57. The van der Waals surface area contributed by atoms with Gasteiger partial charge in [0.1, 0.15) is 11.6 Å². The van der Waals surface area contributed by atoms with Crippen molar-refractivity contribution in [1.82, 2.24) is 15.2 Å². The topological polar surface area (TPSA) is 57.7 Å². The molecule has 5 rings (SSSR count). The van der Waals surface area contributed by atoms with Gasteiger partial charge in [0, 0.05) is 49.4 Å². The van der Waals surface area contributed by atoms with E-state index in [4.69, 9.17) is 4.74 Å². The third-order valence-electron chi connectivity index (χ3n) is 6.60. The number of methoxy groups -OCH3 is 1. The molecule has 3 fully saturated rings. The molecule has 1 N–H and O–H groups in total. The summed E-state index contributed by atoms with van der Waals surface area (Å²) in [4.78, 5) is 21.8. The van der Waals surface area contributed by atoms with Crippen LogP contribution >= 0.6 is 0 Å². The van der Waals surface area contributed by atoms with Gasteiger partial charge in [-0.05, 0) is 55.6 Å². The number of nitrogens with one attached hydrogen (secondary N) is 1. The van der Waals surface area contributed by atoms with Crippen molar-refractivity contribution in [2.45, 2.75) is 24.9 Å². The lowest BCUT2D eigenvalue weighted by Crippen LogP contribution is -2.30. The van der Waals surface area contributed by atoms with Crippen molar-refractivity contribution in [3.05, 3.63) is 53.7 Å². The summed E-state index contributed by atoms with van der Waals surface area (Å²) in [5.41, 5.74) is 2.05. The first-order valence-corrected chi connectivity index (χ1v) is 10.5. The van der Waals surface area contributed by atoms with Gasteiger partial charge < -0.3 is 15.0 Å². The normalized spacial score (nSPS) is 26.4. The van der Waals surface area contributed by atoms with Crippen molar-refractivity contribution in [2.24, 2.45) is 11.8 Å². The van der Waals surface area contributed by atoms with Crippen LogP contribution in [0, 0.1) is 11.8 Å². The number of benzene rings is 1. The fourth-order valence-corrected chi connectivity index (χ4v) is 4.98. The van der Waals surface area contributed by atoms with E-state index in [1.807, 2.05) is 24.3 Å². The van der Waals surface area contributed by atoms with Crippen LogP contribution in [0.1, 0.15) is 34.8 Å². The van der Waals surface area contributed by atoms with Crippen LogP contribution in [0.5, 0.6) is 5.75 Å². The Labute approximate surface area is 171 Å². The van der Waals surface area contributed by atoms with E-state index >= 15 is 0 Å². The second kappa shape index (κ2) is 7.34. The predicted molar refractivity (Wildman–Crippen MR) is 112 cm³/mol. The first-order chi connectivity index (χ1) is 14.1. The first-order valence-electron chi connectivity index (χ1n) is 10.5. The van der Waals surface area contributed by atoms with E-state index in [-0.39, 0.29) is 5.91 Å². The van der Waals surface area contributed by atoms with Crippen molar-refractivity contribution >= 4 is 11.7 Å². The predicted octanol–water partition coefficient (Wildman–Crippen LogP) is 2.72. The Kier molecular flexibility index (Phi) is 4.66. The van der Waals surface area contributed by atoms with Gasteiger partial charge in [0.05, 0.1) is 7.11 Å². The summed E-state index contributed by atoms with van der Waals surface area (Å²) in [6, 6.07) is 13.0. The van der Waals surface area contributed by atoms with Gasteiger partial charge in [-0.3, -0.25) is 9.69 Å². The highest BCUT2D eigenvalue weighted by atomic mass is 16.5. The van der Waals surface area contributed by atoms with Crippen molar-refractivity contribution in [1.29, 1.82) is 0 Å². The van der Waals surface area contributed by atoms with Gasteiger partial charge >= 0.3 is 0 Å². The molecule has 3 atom stereocenters. The minimum atomic E-state index is 0.0198. The third-order valence-corrected chi connectivity index (χ3v) is 6.60. The molecule has 3 heterocycles. The number of fused-ring (bicyclic) bond motifs is 1. The zero-order valence-corrected chi connectivity index (χ0v) is 17.0. The van der Waals surface area contributed by atoms with Crippen LogP contribution in [0.3, 0.4) is 0 Å². The van der Waals surface area contributed by atoms with E-state index in [9.17, 15) is 4.79 Å². The Morgan fingerprint density at radius 2 is 1.93 bits per heavy atom. The number of hydrogen-bond acceptors (Lipinski definition) is 5. The summed E-state index contributed by atoms with van der Waals surface area (Å²) in [5.74, 6) is 2.99. The maximum Gasteiger partial charge on any atom is 0.251 e. The molecule has 0 radical (unpaired) electrons. The molecule has 1 aromatic heterocycles. The van der Waals surface area contributed by atoms with Crippen LogP contribution in [-0.2, 0) is 0 Å². The van der Waals surface area contributed by atoms with Gasteiger partial charge in [-0.25, -0.2) is 4.98 Å². The lowest BCUT2D eigenvalue weighted by atomic mass is 9.89. The second-order valence-corrected chi connectivity index (χ2v) is 8.64. The van der Waals surface area contributed by atoms with E-state index in [0.717, 1.165) is 44.0 Å². The number of nitrogens with zero attached hydrogens (tertiary/aromatic N) is 3. The largest absolute Gasteiger partial charge is 0.497 e. The molecule has 0 bridgehead atoms. The number of carbonyl (C=O) groups excluding carboxylic acids is 1. The lowest BCUT2D eigenvalue weighted by Gasteiger charge is -2.27. The average molecular weight is 393 g/mol. The van der Waals surface area contributed by atoms with Gasteiger partial charge in [0.15, 0.2) is 0 Å². The highest BCUT2D eigenvalue weighted by Crippen LogP contribution is 2.45. The number of aromatic nitrogens is 1. The fraction of sp³-hybridized carbons (Fsp3) is 0.478. The van der Waals surface area contributed by atoms with Crippen LogP contribution in [0.2, 0.25) is 0 Å². The number of ether oxygens (including phenoxy) is 1. The molecule has 2 aromatic rings. The number of amides is 1. The molecular formula is C23H28N4O2. The summed E-state index contributed by atoms with van der Waals surface area (Å²) in [6.45, 7) is 3.04. The summed E-state index contributed by atoms with van der Waals surface area (Å²) in [5, 5.41) is 3.07. The second-order valence-electron chi connectivity index (χ2n) is 8.64. The monoisotopic (exact) mass is 392 g/mol. The van der Waals surface area contributed by atoms with Crippen molar-refractivity contribution in [2.75, 3.05) is 38.7 Å². The summed E-state index contributed by atoms with van der Waals surface area (Å²) >= 11 is 0.